The minimum Gasteiger partial charge on any atom is -0.447 e. The van der Waals surface area contributed by atoms with Crippen molar-refractivity contribution in [1.29, 1.82) is 0 Å². The molecule has 1 heterocycles. The van der Waals surface area contributed by atoms with E-state index in [1.807, 2.05) is 0 Å². The molecule has 12 heavy (non-hydrogen) atoms. The predicted molar refractivity (Wildman–Crippen MR) is 40.6 cm³/mol. The Labute approximate surface area is 70.3 Å². The normalized spacial score (nSPS) is 41.1. The maximum Gasteiger partial charge on any atom is 0.407 e. The molecule has 2 atom stereocenters. The lowest BCUT2D eigenvalue weighted by molar-refractivity contribution is 0.0962. The number of alkyl halides is 1. The first kappa shape index (κ1) is 7.83. The van der Waals surface area contributed by atoms with E-state index in [1.165, 1.54) is 0 Å². The molecule has 2 aliphatic rings. The number of carbonyl (C=O) groups is 1. The molecule has 0 aromatic rings. The number of amides is 1. The van der Waals surface area contributed by atoms with Crippen LogP contribution in [0, 0.1) is 0 Å². The number of carbonyl (C=O) groups excluding carboxylic acids is 1. The minimum absolute atomic E-state index is 0.201. The fraction of sp³-hybridized carbons (Fsp3) is 0.875. The molecule has 0 aromatic heterocycles. The Bertz CT molecular complexity index is 209. The number of cyclic esters (lactones) is 1. The molecule has 1 N–H and O–H groups in total. The van der Waals surface area contributed by atoms with Gasteiger partial charge in [-0.25, -0.2) is 9.18 Å². The van der Waals surface area contributed by atoms with E-state index < -0.39 is 17.8 Å². The summed E-state index contributed by atoms with van der Waals surface area (Å²) in [6.45, 7) is 0.201. The van der Waals surface area contributed by atoms with Gasteiger partial charge in [-0.1, -0.05) is 12.8 Å². The number of halogens is 1. The highest BCUT2D eigenvalue weighted by molar-refractivity contribution is 5.71. The van der Waals surface area contributed by atoms with Crippen molar-refractivity contribution in [1.82, 2.24) is 5.32 Å². The highest BCUT2D eigenvalue weighted by Crippen LogP contribution is 2.33. The van der Waals surface area contributed by atoms with Gasteiger partial charge in [0.25, 0.3) is 0 Å². The van der Waals surface area contributed by atoms with Crippen LogP contribution in [-0.2, 0) is 4.74 Å². The fourth-order valence-corrected chi connectivity index (χ4v) is 1.97. The minimum atomic E-state index is -0.933. The van der Waals surface area contributed by atoms with Gasteiger partial charge in [0.1, 0.15) is 18.3 Å². The smallest absolute Gasteiger partial charge is 0.407 e. The monoisotopic (exact) mass is 173 g/mol. The number of rotatable bonds is 0. The van der Waals surface area contributed by atoms with Gasteiger partial charge in [-0.2, -0.15) is 0 Å². The van der Waals surface area contributed by atoms with Crippen molar-refractivity contribution in [3.8, 4) is 0 Å². The summed E-state index contributed by atoms with van der Waals surface area (Å²) in [5.74, 6) is 0. The summed E-state index contributed by atoms with van der Waals surface area (Å²) in [6, 6.07) is 0. The molecule has 0 unspecified atom stereocenters. The molecule has 2 fully saturated rings. The van der Waals surface area contributed by atoms with E-state index in [2.05, 4.69) is 5.32 Å². The van der Waals surface area contributed by atoms with Gasteiger partial charge in [-0.3, -0.25) is 0 Å². The molecule has 4 heteroatoms. The van der Waals surface area contributed by atoms with E-state index in [9.17, 15) is 9.18 Å². The average molecular weight is 173 g/mol. The lowest BCUT2D eigenvalue weighted by Gasteiger charge is -2.33. The molecular weight excluding hydrogens is 161 g/mol. The zero-order valence-corrected chi connectivity index (χ0v) is 6.81. The van der Waals surface area contributed by atoms with Crippen LogP contribution in [0.2, 0.25) is 0 Å². The number of nitrogens with one attached hydrogen (secondary N) is 1. The van der Waals surface area contributed by atoms with Crippen LogP contribution < -0.4 is 5.32 Å². The molecule has 1 aliphatic carbocycles. The second kappa shape index (κ2) is 2.61. The fourth-order valence-electron chi connectivity index (χ4n) is 1.97. The Balaban J connectivity index is 2.12. The van der Waals surface area contributed by atoms with Crippen LogP contribution in [0.5, 0.6) is 0 Å². The topological polar surface area (TPSA) is 38.3 Å². The molecule has 3 nitrogen and oxygen atoms in total. The molecule has 0 radical (unpaired) electrons. The molecular formula is C8H12FNO2. The number of hydrogen-bond donors (Lipinski definition) is 1. The maximum atomic E-state index is 13.4. The zero-order valence-electron chi connectivity index (χ0n) is 6.81. The number of hydrogen-bond acceptors (Lipinski definition) is 2. The third-order valence-electron chi connectivity index (χ3n) is 2.74. The quantitative estimate of drug-likeness (QED) is 0.601. The van der Waals surface area contributed by atoms with Gasteiger partial charge in [-0.15, -0.1) is 0 Å². The SMILES string of the molecule is O=C1N[C@]2(CCCC[C@@H]2F)CO1. The Morgan fingerprint density at radius 1 is 1.58 bits per heavy atom. The zero-order chi connectivity index (χ0) is 8.60. The Hall–Kier alpha value is -0.800. The summed E-state index contributed by atoms with van der Waals surface area (Å²) in [4.78, 5) is 10.8. The van der Waals surface area contributed by atoms with Crippen LogP contribution in [-0.4, -0.2) is 24.4 Å². The molecule has 68 valence electrons. The van der Waals surface area contributed by atoms with E-state index in [0.29, 0.717) is 12.8 Å². The summed E-state index contributed by atoms with van der Waals surface area (Å²) in [5, 5.41) is 2.58. The van der Waals surface area contributed by atoms with Crippen LogP contribution in [0.15, 0.2) is 0 Å². The van der Waals surface area contributed by atoms with Crippen LogP contribution in [0.25, 0.3) is 0 Å². The first-order valence-electron chi connectivity index (χ1n) is 4.32. The maximum absolute atomic E-state index is 13.4. The summed E-state index contributed by atoms with van der Waals surface area (Å²) in [6.07, 6.45) is 1.74. The van der Waals surface area contributed by atoms with Crippen molar-refractivity contribution in [2.24, 2.45) is 0 Å². The van der Waals surface area contributed by atoms with E-state index in [0.717, 1.165) is 12.8 Å². The third-order valence-corrected chi connectivity index (χ3v) is 2.74. The Morgan fingerprint density at radius 3 is 3.00 bits per heavy atom. The number of alkyl carbamates (subject to hydrolysis) is 1. The molecule has 1 saturated carbocycles. The average Bonchev–Trinajstić information content (AvgIpc) is 2.41. The van der Waals surface area contributed by atoms with Crippen LogP contribution in [0.3, 0.4) is 0 Å². The van der Waals surface area contributed by atoms with Gasteiger partial charge in [0.05, 0.1) is 0 Å². The summed E-state index contributed by atoms with van der Waals surface area (Å²) < 4.78 is 18.1. The molecule has 1 spiro atoms. The second-order valence-corrected chi connectivity index (χ2v) is 3.57. The first-order chi connectivity index (χ1) is 5.73. The van der Waals surface area contributed by atoms with Crippen LogP contribution >= 0.6 is 0 Å². The molecule has 1 aliphatic heterocycles. The van der Waals surface area contributed by atoms with E-state index in [-0.39, 0.29) is 6.61 Å². The van der Waals surface area contributed by atoms with Gasteiger partial charge in [0.2, 0.25) is 0 Å². The summed E-state index contributed by atoms with van der Waals surface area (Å²) >= 11 is 0. The van der Waals surface area contributed by atoms with Gasteiger partial charge < -0.3 is 10.1 Å². The van der Waals surface area contributed by atoms with Crippen molar-refractivity contribution in [3.63, 3.8) is 0 Å². The molecule has 0 aromatic carbocycles. The summed E-state index contributed by atoms with van der Waals surface area (Å²) in [5.41, 5.74) is -0.685. The van der Waals surface area contributed by atoms with E-state index in [1.54, 1.807) is 0 Å². The van der Waals surface area contributed by atoms with Gasteiger partial charge in [0.15, 0.2) is 0 Å². The lowest BCUT2D eigenvalue weighted by atomic mass is 9.81. The van der Waals surface area contributed by atoms with Crippen molar-refractivity contribution >= 4 is 6.09 Å². The molecule has 1 amide bonds. The second-order valence-electron chi connectivity index (χ2n) is 3.57. The van der Waals surface area contributed by atoms with Crippen molar-refractivity contribution in [2.45, 2.75) is 37.4 Å². The third kappa shape index (κ3) is 1.06. The Kier molecular flexibility index (Phi) is 1.70. The van der Waals surface area contributed by atoms with Gasteiger partial charge in [0, 0.05) is 0 Å². The van der Waals surface area contributed by atoms with Crippen molar-refractivity contribution < 1.29 is 13.9 Å². The van der Waals surface area contributed by atoms with Crippen molar-refractivity contribution in [3.05, 3.63) is 0 Å². The number of ether oxygens (including phenoxy) is 1. The molecule has 1 saturated heterocycles. The standard InChI is InChI=1S/C8H12FNO2/c9-6-3-1-2-4-8(6)5-12-7(11)10-8/h6H,1-5H2,(H,10,11)/t6-,8+/m0/s1. The van der Waals surface area contributed by atoms with E-state index in [4.69, 9.17) is 4.74 Å². The predicted octanol–water partition coefficient (Wildman–Crippen LogP) is 1.38. The first-order valence-corrected chi connectivity index (χ1v) is 4.32. The van der Waals surface area contributed by atoms with Crippen LogP contribution in [0.1, 0.15) is 25.7 Å². The van der Waals surface area contributed by atoms with Gasteiger partial charge in [-0.05, 0) is 12.8 Å². The largest absolute Gasteiger partial charge is 0.447 e. The molecule has 0 bridgehead atoms. The summed E-state index contributed by atoms with van der Waals surface area (Å²) in [7, 11) is 0. The Morgan fingerprint density at radius 2 is 2.42 bits per heavy atom. The van der Waals surface area contributed by atoms with Crippen LogP contribution in [0.4, 0.5) is 9.18 Å². The highest BCUT2D eigenvalue weighted by atomic mass is 19.1. The lowest BCUT2D eigenvalue weighted by Crippen LogP contribution is -2.53. The van der Waals surface area contributed by atoms with Crippen molar-refractivity contribution in [2.75, 3.05) is 6.61 Å². The van der Waals surface area contributed by atoms with Gasteiger partial charge >= 0.3 is 6.09 Å². The highest BCUT2D eigenvalue weighted by Gasteiger charge is 2.47. The molecule has 2 rings (SSSR count). The van der Waals surface area contributed by atoms with E-state index >= 15 is 0 Å².